The highest BCUT2D eigenvalue weighted by atomic mass is 35.5. The summed E-state index contributed by atoms with van der Waals surface area (Å²) < 4.78 is 31.3. The first-order valence-corrected chi connectivity index (χ1v) is 7.29. The van der Waals surface area contributed by atoms with Crippen LogP contribution in [0.15, 0.2) is 23.1 Å². The number of nitrogens with two attached hydrogens (primary N) is 1. The maximum atomic E-state index is 12.4. The topological polar surface area (TPSA) is 72.6 Å². The van der Waals surface area contributed by atoms with Crippen molar-refractivity contribution >= 4 is 22.4 Å². The number of sulfonamides is 1. The van der Waals surface area contributed by atoms with E-state index >= 15 is 0 Å². The van der Waals surface area contributed by atoms with E-state index in [0.717, 1.165) is 5.56 Å². The molecule has 0 aromatic heterocycles. The molecule has 0 aliphatic carbocycles. The van der Waals surface area contributed by atoms with Crippen LogP contribution in [0.4, 0.5) is 0 Å². The van der Waals surface area contributed by atoms with Crippen LogP contribution >= 0.6 is 12.4 Å². The van der Waals surface area contributed by atoms with Crippen molar-refractivity contribution in [3.8, 4) is 5.75 Å². The van der Waals surface area contributed by atoms with E-state index in [1.54, 1.807) is 25.3 Å². The van der Waals surface area contributed by atoms with Gasteiger partial charge in [-0.3, -0.25) is 0 Å². The molecule has 0 unspecified atom stereocenters. The van der Waals surface area contributed by atoms with Crippen molar-refractivity contribution in [1.82, 2.24) is 4.31 Å². The molecule has 1 saturated heterocycles. The van der Waals surface area contributed by atoms with Crippen molar-refractivity contribution in [2.45, 2.75) is 24.3 Å². The monoisotopic (exact) mass is 306 g/mol. The standard InChI is InChI=1S/C12H18N2O3S.ClH/c1-9-7-11(3-4-12(9)17-2)18(15,16)14-6-5-10(13)8-14;/h3-4,7,10H,5-6,8,13H2,1-2H3;1H/t10-;/m0./s1. The quantitative estimate of drug-likeness (QED) is 0.909. The fourth-order valence-corrected chi connectivity index (χ4v) is 3.73. The van der Waals surface area contributed by atoms with Crippen molar-refractivity contribution in [2.75, 3.05) is 20.2 Å². The molecule has 0 bridgehead atoms. The Morgan fingerprint density at radius 2 is 2.11 bits per heavy atom. The fraction of sp³-hybridized carbons (Fsp3) is 0.500. The largest absolute Gasteiger partial charge is 0.496 e. The minimum Gasteiger partial charge on any atom is -0.496 e. The molecule has 1 aliphatic rings. The van der Waals surface area contributed by atoms with Gasteiger partial charge in [0, 0.05) is 19.1 Å². The van der Waals surface area contributed by atoms with Crippen LogP contribution < -0.4 is 10.5 Å². The second-order valence-corrected chi connectivity index (χ2v) is 6.48. The van der Waals surface area contributed by atoms with Crippen molar-refractivity contribution in [1.29, 1.82) is 0 Å². The number of benzene rings is 1. The summed E-state index contributed by atoms with van der Waals surface area (Å²) >= 11 is 0. The molecular weight excluding hydrogens is 288 g/mol. The van der Waals surface area contributed by atoms with Gasteiger partial charge in [-0.15, -0.1) is 12.4 Å². The van der Waals surface area contributed by atoms with Gasteiger partial charge in [0.1, 0.15) is 5.75 Å². The highest BCUT2D eigenvalue weighted by Gasteiger charge is 2.31. The Morgan fingerprint density at radius 1 is 1.42 bits per heavy atom. The zero-order valence-electron chi connectivity index (χ0n) is 11.0. The van der Waals surface area contributed by atoms with Crippen LogP contribution in [0.3, 0.4) is 0 Å². The van der Waals surface area contributed by atoms with Crippen LogP contribution in [0.25, 0.3) is 0 Å². The molecule has 1 aliphatic heterocycles. The van der Waals surface area contributed by atoms with Gasteiger partial charge < -0.3 is 10.5 Å². The Hall–Kier alpha value is -0.820. The Balaban J connectivity index is 0.00000180. The number of aryl methyl sites for hydroxylation is 1. The van der Waals surface area contributed by atoms with E-state index in [9.17, 15) is 8.42 Å². The average molecular weight is 307 g/mol. The van der Waals surface area contributed by atoms with Gasteiger partial charge in [0.15, 0.2) is 0 Å². The average Bonchev–Trinajstić information content (AvgIpc) is 2.76. The lowest BCUT2D eigenvalue weighted by Gasteiger charge is -2.16. The molecular formula is C12H19ClN2O3S. The van der Waals surface area contributed by atoms with Gasteiger partial charge in [-0.2, -0.15) is 4.31 Å². The molecule has 0 spiro atoms. The van der Waals surface area contributed by atoms with Crippen LogP contribution in [0, 0.1) is 6.92 Å². The molecule has 1 fully saturated rings. The molecule has 1 heterocycles. The summed E-state index contributed by atoms with van der Waals surface area (Å²) in [5.41, 5.74) is 6.56. The predicted molar refractivity (Wildman–Crippen MR) is 76.3 cm³/mol. The highest BCUT2D eigenvalue weighted by molar-refractivity contribution is 7.89. The van der Waals surface area contributed by atoms with E-state index in [1.807, 2.05) is 6.92 Å². The number of nitrogens with zero attached hydrogens (tertiary/aromatic N) is 1. The zero-order chi connectivity index (χ0) is 13.3. The summed E-state index contributed by atoms with van der Waals surface area (Å²) in [4.78, 5) is 0.301. The highest BCUT2D eigenvalue weighted by Crippen LogP contribution is 2.25. The first-order chi connectivity index (χ1) is 8.45. The lowest BCUT2D eigenvalue weighted by Crippen LogP contribution is -2.32. The van der Waals surface area contributed by atoms with Crippen LogP contribution in [0.2, 0.25) is 0 Å². The normalized spacial score (nSPS) is 20.1. The Morgan fingerprint density at radius 3 is 2.58 bits per heavy atom. The summed E-state index contributed by atoms with van der Waals surface area (Å²) in [6.07, 6.45) is 0.717. The summed E-state index contributed by atoms with van der Waals surface area (Å²) in [5, 5.41) is 0. The number of hydrogen-bond donors (Lipinski definition) is 1. The van der Waals surface area contributed by atoms with Gasteiger partial charge in [0.25, 0.3) is 0 Å². The number of methoxy groups -OCH3 is 1. The van der Waals surface area contributed by atoms with Crippen LogP contribution in [-0.4, -0.2) is 39.0 Å². The second kappa shape index (κ2) is 6.09. The van der Waals surface area contributed by atoms with Gasteiger partial charge in [-0.05, 0) is 37.1 Å². The third-order valence-electron chi connectivity index (χ3n) is 3.19. The Labute approximate surface area is 120 Å². The fourth-order valence-electron chi connectivity index (χ4n) is 2.13. The van der Waals surface area contributed by atoms with Gasteiger partial charge >= 0.3 is 0 Å². The van der Waals surface area contributed by atoms with E-state index < -0.39 is 10.0 Å². The Bertz CT molecular complexity index is 548. The summed E-state index contributed by atoms with van der Waals surface area (Å²) in [6.45, 7) is 2.72. The van der Waals surface area contributed by atoms with E-state index in [2.05, 4.69) is 0 Å². The molecule has 7 heteroatoms. The molecule has 108 valence electrons. The second-order valence-electron chi connectivity index (χ2n) is 4.54. The third-order valence-corrected chi connectivity index (χ3v) is 5.05. The lowest BCUT2D eigenvalue weighted by molar-refractivity contribution is 0.411. The molecule has 0 radical (unpaired) electrons. The molecule has 19 heavy (non-hydrogen) atoms. The molecule has 1 aromatic carbocycles. The van der Waals surface area contributed by atoms with Gasteiger partial charge in [0.2, 0.25) is 10.0 Å². The maximum absolute atomic E-state index is 12.4. The number of hydrogen-bond acceptors (Lipinski definition) is 4. The SMILES string of the molecule is COc1ccc(S(=O)(=O)N2CC[C@H](N)C2)cc1C.Cl. The maximum Gasteiger partial charge on any atom is 0.243 e. The molecule has 0 amide bonds. The van der Waals surface area contributed by atoms with Crippen LogP contribution in [0.5, 0.6) is 5.75 Å². The minimum atomic E-state index is -3.42. The molecule has 2 N–H and O–H groups in total. The van der Waals surface area contributed by atoms with E-state index in [1.165, 1.54) is 4.31 Å². The molecule has 1 aromatic rings. The lowest BCUT2D eigenvalue weighted by atomic mass is 10.2. The van der Waals surface area contributed by atoms with E-state index in [4.69, 9.17) is 10.5 Å². The molecule has 1 atom stereocenters. The minimum absolute atomic E-state index is 0. The first-order valence-electron chi connectivity index (χ1n) is 5.85. The van der Waals surface area contributed by atoms with Crippen molar-refractivity contribution in [3.05, 3.63) is 23.8 Å². The van der Waals surface area contributed by atoms with E-state index in [-0.39, 0.29) is 18.4 Å². The number of ether oxygens (including phenoxy) is 1. The van der Waals surface area contributed by atoms with Gasteiger partial charge in [-0.1, -0.05) is 0 Å². The molecule has 2 rings (SSSR count). The summed E-state index contributed by atoms with van der Waals surface area (Å²) in [5.74, 6) is 0.687. The van der Waals surface area contributed by atoms with Crippen molar-refractivity contribution in [2.24, 2.45) is 5.73 Å². The molecule has 5 nitrogen and oxygen atoms in total. The zero-order valence-corrected chi connectivity index (χ0v) is 12.6. The summed E-state index contributed by atoms with van der Waals surface area (Å²) in [7, 11) is -1.86. The van der Waals surface area contributed by atoms with Gasteiger partial charge in [0.05, 0.1) is 12.0 Å². The number of halogens is 1. The first kappa shape index (κ1) is 16.2. The Kier molecular flexibility index (Phi) is 5.20. The molecule has 0 saturated carbocycles. The number of rotatable bonds is 3. The van der Waals surface area contributed by atoms with Crippen LogP contribution in [0.1, 0.15) is 12.0 Å². The van der Waals surface area contributed by atoms with Crippen molar-refractivity contribution < 1.29 is 13.2 Å². The third kappa shape index (κ3) is 3.20. The smallest absolute Gasteiger partial charge is 0.243 e. The van der Waals surface area contributed by atoms with Crippen LogP contribution in [-0.2, 0) is 10.0 Å². The predicted octanol–water partition coefficient (Wildman–Crippen LogP) is 1.15. The van der Waals surface area contributed by atoms with Crippen molar-refractivity contribution in [3.63, 3.8) is 0 Å². The summed E-state index contributed by atoms with van der Waals surface area (Å²) in [6, 6.07) is 4.83. The van der Waals surface area contributed by atoms with Gasteiger partial charge in [-0.25, -0.2) is 8.42 Å². The van der Waals surface area contributed by atoms with E-state index in [0.29, 0.717) is 30.2 Å².